The summed E-state index contributed by atoms with van der Waals surface area (Å²) in [5, 5.41) is 12.4. The number of nitrogens with one attached hydrogen (secondary N) is 1. The lowest BCUT2D eigenvalue weighted by molar-refractivity contribution is 0.0488. The van der Waals surface area contributed by atoms with Gasteiger partial charge in [0.1, 0.15) is 22.2 Å². The number of hydrogen-bond acceptors (Lipinski definition) is 5. The predicted molar refractivity (Wildman–Crippen MR) is 126 cm³/mol. The summed E-state index contributed by atoms with van der Waals surface area (Å²) in [6.07, 6.45) is 3.31. The lowest BCUT2D eigenvalue weighted by Gasteiger charge is -2.42. The Labute approximate surface area is 206 Å². The minimum atomic E-state index is -1.02. The van der Waals surface area contributed by atoms with Crippen LogP contribution in [0.15, 0.2) is 23.1 Å². The molecule has 1 aromatic heterocycles. The van der Waals surface area contributed by atoms with Crippen LogP contribution in [-0.4, -0.2) is 52.7 Å². The smallest absolute Gasteiger partial charge is 0.274 e. The molecule has 0 bridgehead atoms. The topological polar surface area (TPSA) is 101 Å². The summed E-state index contributed by atoms with van der Waals surface area (Å²) in [4.78, 5) is 40.5. The molecule has 0 spiro atoms. The van der Waals surface area contributed by atoms with Gasteiger partial charge in [0.15, 0.2) is 11.4 Å². The molecule has 11 heteroatoms. The Kier molecular flexibility index (Phi) is 8.50. The van der Waals surface area contributed by atoms with Crippen LogP contribution in [0.1, 0.15) is 65.6 Å². The van der Waals surface area contributed by atoms with Crippen LogP contribution in [0, 0.1) is 11.6 Å². The van der Waals surface area contributed by atoms with Gasteiger partial charge in [-0.1, -0.05) is 31.0 Å². The van der Waals surface area contributed by atoms with Gasteiger partial charge in [0.2, 0.25) is 5.43 Å². The maximum atomic E-state index is 14.2. The molecule has 0 radical (unpaired) electrons. The number of aromatic hydroxyl groups is 1. The average Bonchev–Trinajstić information content (AvgIpc) is 2.83. The van der Waals surface area contributed by atoms with Crippen LogP contribution in [0.5, 0.6) is 5.75 Å². The first-order valence-corrected chi connectivity index (χ1v) is 11.7. The molecular formula is C24H28ClF2N3O5. The van der Waals surface area contributed by atoms with Gasteiger partial charge in [-0.2, -0.15) is 0 Å². The third-order valence-corrected chi connectivity index (χ3v) is 6.60. The first kappa shape index (κ1) is 26.6. The summed E-state index contributed by atoms with van der Waals surface area (Å²) in [5.74, 6) is -4.17. The second-order valence-corrected chi connectivity index (χ2v) is 8.81. The van der Waals surface area contributed by atoms with Crippen LogP contribution in [0.25, 0.3) is 0 Å². The largest absolute Gasteiger partial charge is 0.503 e. The number of unbranched alkanes of at least 4 members (excludes halogenated alkanes) is 1. The van der Waals surface area contributed by atoms with Crippen molar-refractivity contribution >= 4 is 23.4 Å². The Morgan fingerprint density at radius 2 is 2.00 bits per heavy atom. The van der Waals surface area contributed by atoms with Crippen molar-refractivity contribution in [2.24, 2.45) is 0 Å². The molecule has 0 saturated carbocycles. The van der Waals surface area contributed by atoms with Crippen LogP contribution in [0.2, 0.25) is 5.02 Å². The van der Waals surface area contributed by atoms with Crippen LogP contribution in [0.4, 0.5) is 8.78 Å². The fourth-order valence-electron chi connectivity index (χ4n) is 4.24. The number of fused-ring (bicyclic) bond motifs is 1. The molecule has 2 atom stereocenters. The predicted octanol–water partition coefficient (Wildman–Crippen LogP) is 3.64. The summed E-state index contributed by atoms with van der Waals surface area (Å²) >= 11 is 5.57. The fourth-order valence-corrected chi connectivity index (χ4v) is 4.43. The molecule has 8 nitrogen and oxygen atoms in total. The van der Waals surface area contributed by atoms with Crippen molar-refractivity contribution in [1.29, 1.82) is 0 Å². The van der Waals surface area contributed by atoms with Crippen LogP contribution in [-0.2, 0) is 11.3 Å². The first-order valence-electron chi connectivity index (χ1n) is 11.3. The number of rotatable bonds is 9. The summed E-state index contributed by atoms with van der Waals surface area (Å²) in [6.45, 7) is 4.30. The molecule has 2 amide bonds. The number of benzene rings is 1. The van der Waals surface area contributed by atoms with Crippen molar-refractivity contribution in [1.82, 2.24) is 14.8 Å². The second kappa shape index (κ2) is 11.2. The van der Waals surface area contributed by atoms with Gasteiger partial charge in [0.05, 0.1) is 12.1 Å². The molecule has 2 aromatic rings. The maximum Gasteiger partial charge on any atom is 0.274 e. The van der Waals surface area contributed by atoms with E-state index in [0.717, 1.165) is 25.0 Å². The number of aromatic nitrogens is 1. The van der Waals surface area contributed by atoms with Gasteiger partial charge < -0.3 is 24.6 Å². The standard InChI is InChI=1S/C24H28ClF2N3O5/c1-4-5-9-29-13(2)17(8-10-35-3)30-12-15(21(31)22(32)20(30)24(29)34)23(33)28-11-14-6-7-16(26)18(25)19(14)27/h6-7,12-13,17,32H,4-5,8-11H2,1-3H3,(H,28,33)/t13-,17-/m0/s1. The number of hydrogen-bond donors (Lipinski definition) is 2. The third kappa shape index (κ3) is 5.18. The molecule has 1 aromatic carbocycles. The third-order valence-electron chi connectivity index (χ3n) is 6.25. The molecule has 35 heavy (non-hydrogen) atoms. The lowest BCUT2D eigenvalue weighted by Crippen LogP contribution is -2.51. The van der Waals surface area contributed by atoms with Gasteiger partial charge in [-0.3, -0.25) is 14.4 Å². The molecule has 2 N–H and O–H groups in total. The molecular weight excluding hydrogens is 484 g/mol. The molecule has 3 rings (SSSR count). The summed E-state index contributed by atoms with van der Waals surface area (Å²) in [7, 11) is 1.54. The molecule has 2 heterocycles. The number of ether oxygens (including phenoxy) is 1. The highest BCUT2D eigenvalue weighted by Crippen LogP contribution is 2.33. The second-order valence-electron chi connectivity index (χ2n) is 8.44. The van der Waals surface area contributed by atoms with Crippen molar-refractivity contribution in [3.05, 3.63) is 62.0 Å². The minimum absolute atomic E-state index is 0.0830. The van der Waals surface area contributed by atoms with E-state index in [1.54, 1.807) is 4.90 Å². The van der Waals surface area contributed by atoms with E-state index >= 15 is 0 Å². The quantitative estimate of drug-likeness (QED) is 0.501. The van der Waals surface area contributed by atoms with E-state index in [2.05, 4.69) is 5.32 Å². The Morgan fingerprint density at radius 3 is 2.66 bits per heavy atom. The highest BCUT2D eigenvalue weighted by molar-refractivity contribution is 6.30. The molecule has 0 unspecified atom stereocenters. The SMILES string of the molecule is CCCCN1C(=O)c2c(O)c(=O)c(C(=O)NCc3ccc(F)c(Cl)c3F)cn2[C@@H](CCOC)[C@@H]1C. The van der Waals surface area contributed by atoms with Crippen LogP contribution >= 0.6 is 11.6 Å². The van der Waals surface area contributed by atoms with Crippen molar-refractivity contribution in [2.45, 2.75) is 51.7 Å². The lowest BCUT2D eigenvalue weighted by atomic mass is 9.97. The number of amides is 2. The highest BCUT2D eigenvalue weighted by Gasteiger charge is 2.39. The zero-order valence-corrected chi connectivity index (χ0v) is 20.5. The Balaban J connectivity index is 1.99. The maximum absolute atomic E-state index is 14.2. The van der Waals surface area contributed by atoms with Crippen molar-refractivity contribution in [2.75, 3.05) is 20.3 Å². The van der Waals surface area contributed by atoms with E-state index in [1.165, 1.54) is 17.9 Å². The van der Waals surface area contributed by atoms with E-state index in [-0.39, 0.29) is 29.9 Å². The Morgan fingerprint density at radius 1 is 1.29 bits per heavy atom. The molecule has 0 fully saturated rings. The normalized spacial score (nSPS) is 17.4. The van der Waals surface area contributed by atoms with E-state index in [0.29, 0.717) is 19.6 Å². The number of carbonyl (C=O) groups excluding carboxylic acids is 2. The van der Waals surface area contributed by atoms with Crippen molar-refractivity contribution in [3.8, 4) is 5.75 Å². The van der Waals surface area contributed by atoms with E-state index in [9.17, 15) is 28.3 Å². The number of halogens is 3. The number of carbonyl (C=O) groups is 2. The van der Waals surface area contributed by atoms with Crippen LogP contribution < -0.4 is 10.7 Å². The molecule has 0 saturated heterocycles. The summed E-state index contributed by atoms with van der Waals surface area (Å²) in [5.41, 5.74) is -1.70. The van der Waals surface area contributed by atoms with Gasteiger partial charge in [-0.15, -0.1) is 0 Å². The summed E-state index contributed by atoms with van der Waals surface area (Å²) in [6, 6.07) is 1.43. The fraction of sp³-hybridized carbons (Fsp3) is 0.458. The molecule has 190 valence electrons. The van der Waals surface area contributed by atoms with Gasteiger partial charge >= 0.3 is 0 Å². The Hall–Kier alpha value is -2.98. The first-order chi connectivity index (χ1) is 16.6. The highest BCUT2D eigenvalue weighted by atomic mass is 35.5. The van der Waals surface area contributed by atoms with Gasteiger partial charge in [0.25, 0.3) is 11.8 Å². The van der Waals surface area contributed by atoms with E-state index in [1.807, 2.05) is 13.8 Å². The Bertz CT molecular complexity index is 1190. The zero-order valence-electron chi connectivity index (χ0n) is 19.7. The molecule has 1 aliphatic heterocycles. The minimum Gasteiger partial charge on any atom is -0.503 e. The monoisotopic (exact) mass is 511 g/mol. The van der Waals surface area contributed by atoms with Crippen molar-refractivity contribution in [3.63, 3.8) is 0 Å². The summed E-state index contributed by atoms with van der Waals surface area (Å²) < 4.78 is 34.2. The average molecular weight is 512 g/mol. The van der Waals surface area contributed by atoms with E-state index in [4.69, 9.17) is 16.3 Å². The number of pyridine rings is 1. The number of nitrogens with zero attached hydrogens (tertiary/aromatic N) is 2. The molecule has 0 aliphatic carbocycles. The van der Waals surface area contributed by atoms with Gasteiger partial charge in [0, 0.05) is 38.6 Å². The zero-order chi connectivity index (χ0) is 25.9. The number of methoxy groups -OCH3 is 1. The van der Waals surface area contributed by atoms with Gasteiger partial charge in [-0.05, 0) is 25.8 Å². The molecule has 1 aliphatic rings. The van der Waals surface area contributed by atoms with Gasteiger partial charge in [-0.25, -0.2) is 8.78 Å². The van der Waals surface area contributed by atoms with E-state index < -0.39 is 45.2 Å². The van der Waals surface area contributed by atoms with Crippen molar-refractivity contribution < 1.29 is 28.2 Å². The van der Waals surface area contributed by atoms with Crippen LogP contribution in [0.3, 0.4) is 0 Å².